The van der Waals surface area contributed by atoms with Gasteiger partial charge in [-0.2, -0.15) is 0 Å². The molecule has 80 valence electrons. The van der Waals surface area contributed by atoms with Crippen molar-refractivity contribution in [1.29, 1.82) is 0 Å². The summed E-state index contributed by atoms with van der Waals surface area (Å²) in [5, 5.41) is 3.67. The Morgan fingerprint density at radius 1 is 1.27 bits per heavy atom. The van der Waals surface area contributed by atoms with Crippen LogP contribution in [0.3, 0.4) is 0 Å². The standard InChI is InChI=1S/C13H16BrN/c14-12-3-1-2-10(6-12)11-7-13(15-8-11)9-4-5-9/h1-3,6,9,11,13,15H,4-5,7-8H2. The minimum absolute atomic E-state index is 0.730. The first kappa shape index (κ1) is 9.86. The number of rotatable bonds is 2. The van der Waals surface area contributed by atoms with E-state index in [9.17, 15) is 0 Å². The van der Waals surface area contributed by atoms with Crippen molar-refractivity contribution in [3.05, 3.63) is 34.3 Å². The number of hydrogen-bond acceptors (Lipinski definition) is 1. The van der Waals surface area contributed by atoms with Gasteiger partial charge in [0, 0.05) is 17.1 Å². The number of nitrogens with one attached hydrogen (secondary N) is 1. The summed E-state index contributed by atoms with van der Waals surface area (Å²) in [7, 11) is 0. The van der Waals surface area contributed by atoms with E-state index in [1.54, 1.807) is 0 Å². The lowest BCUT2D eigenvalue weighted by Gasteiger charge is -2.10. The maximum absolute atomic E-state index is 3.67. The third kappa shape index (κ3) is 2.11. The zero-order valence-corrected chi connectivity index (χ0v) is 10.3. The Balaban J connectivity index is 1.72. The minimum Gasteiger partial charge on any atom is -0.313 e. The maximum Gasteiger partial charge on any atom is 0.0178 e. The van der Waals surface area contributed by atoms with Crippen LogP contribution < -0.4 is 5.32 Å². The van der Waals surface area contributed by atoms with Gasteiger partial charge < -0.3 is 5.32 Å². The zero-order valence-electron chi connectivity index (χ0n) is 8.75. The Labute approximate surface area is 99.4 Å². The van der Waals surface area contributed by atoms with Gasteiger partial charge in [-0.3, -0.25) is 0 Å². The highest BCUT2D eigenvalue weighted by Gasteiger charge is 2.36. The van der Waals surface area contributed by atoms with Crippen LogP contribution in [0.1, 0.15) is 30.7 Å². The number of halogens is 1. The van der Waals surface area contributed by atoms with E-state index in [-0.39, 0.29) is 0 Å². The Hall–Kier alpha value is -0.340. The van der Waals surface area contributed by atoms with Gasteiger partial charge in [-0.05, 0) is 48.8 Å². The fraction of sp³-hybridized carbons (Fsp3) is 0.538. The number of benzene rings is 1. The molecule has 2 heteroatoms. The molecule has 1 aliphatic carbocycles. The molecule has 1 aromatic carbocycles. The van der Waals surface area contributed by atoms with E-state index >= 15 is 0 Å². The van der Waals surface area contributed by atoms with Gasteiger partial charge in [0.25, 0.3) is 0 Å². The molecule has 1 saturated heterocycles. The second-order valence-electron chi connectivity index (χ2n) is 4.84. The third-order valence-corrected chi connectivity index (χ3v) is 4.17. The summed E-state index contributed by atoms with van der Waals surface area (Å²) < 4.78 is 1.20. The minimum atomic E-state index is 0.730. The largest absolute Gasteiger partial charge is 0.313 e. The molecule has 2 fully saturated rings. The van der Waals surface area contributed by atoms with Crippen LogP contribution in [0, 0.1) is 5.92 Å². The van der Waals surface area contributed by atoms with Gasteiger partial charge in [-0.1, -0.05) is 28.1 Å². The van der Waals surface area contributed by atoms with Gasteiger partial charge in [0.2, 0.25) is 0 Å². The highest BCUT2D eigenvalue weighted by atomic mass is 79.9. The molecular weight excluding hydrogens is 250 g/mol. The van der Waals surface area contributed by atoms with Crippen molar-refractivity contribution in [3.8, 4) is 0 Å². The summed E-state index contributed by atoms with van der Waals surface area (Å²) in [5.41, 5.74) is 1.49. The highest BCUT2D eigenvalue weighted by molar-refractivity contribution is 9.10. The molecule has 3 rings (SSSR count). The maximum atomic E-state index is 3.67. The first-order chi connectivity index (χ1) is 7.33. The predicted molar refractivity (Wildman–Crippen MR) is 66.0 cm³/mol. The van der Waals surface area contributed by atoms with Crippen LogP contribution in [0.25, 0.3) is 0 Å². The van der Waals surface area contributed by atoms with Crippen molar-refractivity contribution in [2.45, 2.75) is 31.2 Å². The molecule has 1 aliphatic heterocycles. The van der Waals surface area contributed by atoms with E-state index in [0.717, 1.165) is 24.4 Å². The molecule has 0 radical (unpaired) electrons. The molecule has 0 aromatic heterocycles. The zero-order chi connectivity index (χ0) is 10.3. The van der Waals surface area contributed by atoms with Crippen molar-refractivity contribution < 1.29 is 0 Å². The van der Waals surface area contributed by atoms with Crippen LogP contribution in [-0.2, 0) is 0 Å². The summed E-state index contributed by atoms with van der Waals surface area (Å²) in [5.74, 6) is 1.72. The van der Waals surface area contributed by atoms with Crippen LogP contribution in [0.2, 0.25) is 0 Å². The van der Waals surface area contributed by atoms with E-state index in [1.807, 2.05) is 0 Å². The molecule has 0 spiro atoms. The molecule has 2 unspecified atom stereocenters. The molecular formula is C13H16BrN. The van der Waals surface area contributed by atoms with Crippen LogP contribution in [0.5, 0.6) is 0 Å². The van der Waals surface area contributed by atoms with Crippen LogP contribution >= 0.6 is 15.9 Å². The molecule has 2 atom stereocenters. The SMILES string of the molecule is Brc1cccc(C2CNC(C3CC3)C2)c1. The van der Waals surface area contributed by atoms with Crippen molar-refractivity contribution in [1.82, 2.24) is 5.32 Å². The first-order valence-electron chi connectivity index (χ1n) is 5.82. The Morgan fingerprint density at radius 3 is 2.87 bits per heavy atom. The van der Waals surface area contributed by atoms with Crippen molar-refractivity contribution in [2.75, 3.05) is 6.54 Å². The predicted octanol–water partition coefficient (Wildman–Crippen LogP) is 3.30. The molecule has 1 aromatic rings. The summed E-state index contributed by atoms with van der Waals surface area (Å²) in [6.45, 7) is 1.16. The van der Waals surface area contributed by atoms with Crippen molar-refractivity contribution >= 4 is 15.9 Å². The van der Waals surface area contributed by atoms with Crippen molar-refractivity contribution in [2.24, 2.45) is 5.92 Å². The van der Waals surface area contributed by atoms with Gasteiger partial charge in [0.15, 0.2) is 0 Å². The van der Waals surface area contributed by atoms with Crippen LogP contribution in [-0.4, -0.2) is 12.6 Å². The van der Waals surface area contributed by atoms with E-state index in [1.165, 1.54) is 29.3 Å². The molecule has 2 aliphatic rings. The highest BCUT2D eigenvalue weighted by Crippen LogP contribution is 2.40. The van der Waals surface area contributed by atoms with Gasteiger partial charge in [-0.25, -0.2) is 0 Å². The molecule has 1 nitrogen and oxygen atoms in total. The molecule has 1 N–H and O–H groups in total. The second kappa shape index (κ2) is 3.91. The van der Waals surface area contributed by atoms with Gasteiger partial charge in [0.1, 0.15) is 0 Å². The number of hydrogen-bond donors (Lipinski definition) is 1. The topological polar surface area (TPSA) is 12.0 Å². The smallest absolute Gasteiger partial charge is 0.0178 e. The molecule has 0 bridgehead atoms. The lowest BCUT2D eigenvalue weighted by atomic mass is 9.95. The fourth-order valence-electron chi connectivity index (χ4n) is 2.64. The lowest BCUT2D eigenvalue weighted by Crippen LogP contribution is -2.22. The monoisotopic (exact) mass is 265 g/mol. The summed E-state index contributed by atoms with van der Waals surface area (Å²) in [6.07, 6.45) is 4.23. The first-order valence-corrected chi connectivity index (χ1v) is 6.61. The van der Waals surface area contributed by atoms with E-state index in [2.05, 4.69) is 45.5 Å². The normalized spacial score (nSPS) is 30.7. The molecule has 15 heavy (non-hydrogen) atoms. The Bertz CT molecular complexity index is 359. The van der Waals surface area contributed by atoms with Crippen molar-refractivity contribution in [3.63, 3.8) is 0 Å². The van der Waals surface area contributed by atoms with E-state index in [0.29, 0.717) is 0 Å². The van der Waals surface area contributed by atoms with Gasteiger partial charge >= 0.3 is 0 Å². The average Bonchev–Trinajstić information content (AvgIpc) is 2.97. The van der Waals surface area contributed by atoms with Gasteiger partial charge in [0.05, 0.1) is 0 Å². The van der Waals surface area contributed by atoms with Crippen LogP contribution in [0.15, 0.2) is 28.7 Å². The Kier molecular flexibility index (Phi) is 2.57. The molecule has 1 heterocycles. The lowest BCUT2D eigenvalue weighted by molar-refractivity contribution is 0.535. The third-order valence-electron chi connectivity index (χ3n) is 3.68. The van der Waals surface area contributed by atoms with E-state index < -0.39 is 0 Å². The Morgan fingerprint density at radius 2 is 2.13 bits per heavy atom. The quantitative estimate of drug-likeness (QED) is 0.866. The average molecular weight is 266 g/mol. The van der Waals surface area contributed by atoms with Crippen LogP contribution in [0.4, 0.5) is 0 Å². The second-order valence-corrected chi connectivity index (χ2v) is 5.76. The molecule has 1 saturated carbocycles. The summed E-state index contributed by atoms with van der Waals surface area (Å²) >= 11 is 3.55. The fourth-order valence-corrected chi connectivity index (χ4v) is 3.06. The van der Waals surface area contributed by atoms with Gasteiger partial charge in [-0.15, -0.1) is 0 Å². The summed E-state index contributed by atoms with van der Waals surface area (Å²) in [6, 6.07) is 9.57. The van der Waals surface area contributed by atoms with E-state index in [4.69, 9.17) is 0 Å². The summed E-state index contributed by atoms with van der Waals surface area (Å²) in [4.78, 5) is 0. The molecule has 0 amide bonds.